The maximum absolute atomic E-state index is 12.5. The van der Waals surface area contributed by atoms with E-state index in [4.69, 9.17) is 14.2 Å². The van der Waals surface area contributed by atoms with Gasteiger partial charge in [-0.25, -0.2) is 4.98 Å². The van der Waals surface area contributed by atoms with E-state index in [0.29, 0.717) is 35.2 Å². The zero-order chi connectivity index (χ0) is 20.2. The van der Waals surface area contributed by atoms with Crippen molar-refractivity contribution in [2.45, 2.75) is 13.5 Å². The quantitative estimate of drug-likeness (QED) is 0.692. The highest BCUT2D eigenvalue weighted by molar-refractivity contribution is 5.92. The normalized spacial score (nSPS) is 11.9. The van der Waals surface area contributed by atoms with E-state index >= 15 is 0 Å². The molecule has 0 atom stereocenters. The van der Waals surface area contributed by atoms with E-state index in [1.165, 1.54) is 17.0 Å². The number of fused-ring (bicyclic) bond motifs is 1. The molecule has 1 aliphatic heterocycles. The number of hydrogen-bond acceptors (Lipinski definition) is 6. The number of hydrogen-bond donors (Lipinski definition) is 1. The molecule has 3 aromatic rings. The zero-order valence-corrected chi connectivity index (χ0v) is 15.8. The molecule has 1 amide bonds. The van der Waals surface area contributed by atoms with Crippen molar-refractivity contribution in [3.63, 3.8) is 0 Å². The lowest BCUT2D eigenvalue weighted by Crippen LogP contribution is -2.27. The molecule has 1 aromatic heterocycles. The Kier molecular flexibility index (Phi) is 5.15. The topological polar surface area (TPSA) is 91.7 Å². The van der Waals surface area contributed by atoms with Crippen molar-refractivity contribution in [3.05, 3.63) is 65.2 Å². The molecule has 4 rings (SSSR count). The van der Waals surface area contributed by atoms with Crippen molar-refractivity contribution in [3.8, 4) is 28.5 Å². The summed E-state index contributed by atoms with van der Waals surface area (Å²) in [5.41, 5.74) is 1.44. The first-order chi connectivity index (χ1) is 14.1. The fourth-order valence-corrected chi connectivity index (χ4v) is 2.95. The molecule has 2 heterocycles. The molecule has 148 valence electrons. The molecule has 0 spiro atoms. The van der Waals surface area contributed by atoms with Gasteiger partial charge >= 0.3 is 0 Å². The van der Waals surface area contributed by atoms with Crippen LogP contribution in [0.3, 0.4) is 0 Å². The van der Waals surface area contributed by atoms with E-state index < -0.39 is 0 Å². The molecule has 1 aliphatic rings. The maximum Gasteiger partial charge on any atom is 0.254 e. The second kappa shape index (κ2) is 8.05. The van der Waals surface area contributed by atoms with Crippen molar-refractivity contribution < 1.29 is 19.0 Å². The lowest BCUT2D eigenvalue weighted by atomic mass is 10.1. The fourth-order valence-electron chi connectivity index (χ4n) is 2.95. The minimum absolute atomic E-state index is 0.159. The van der Waals surface area contributed by atoms with Gasteiger partial charge in [0.2, 0.25) is 12.7 Å². The SMILES string of the molecule is CCOc1ccccc1NC(=O)Cn1cnc(-c2ccc3c(c2)OCO3)cc1=O. The van der Waals surface area contributed by atoms with E-state index in [1.54, 1.807) is 36.4 Å². The van der Waals surface area contributed by atoms with Crippen LogP contribution in [-0.4, -0.2) is 28.9 Å². The van der Waals surface area contributed by atoms with Gasteiger partial charge in [0.1, 0.15) is 12.3 Å². The Hall–Kier alpha value is -3.81. The smallest absolute Gasteiger partial charge is 0.254 e. The van der Waals surface area contributed by atoms with Gasteiger partial charge in [-0.3, -0.25) is 14.2 Å². The first kappa shape index (κ1) is 18.5. The Labute approximate surface area is 166 Å². The molecule has 0 fully saturated rings. The van der Waals surface area contributed by atoms with Crippen LogP contribution in [0.4, 0.5) is 5.69 Å². The zero-order valence-electron chi connectivity index (χ0n) is 15.8. The molecule has 0 aliphatic carbocycles. The average Bonchev–Trinajstić information content (AvgIpc) is 3.19. The van der Waals surface area contributed by atoms with Crippen molar-refractivity contribution in [1.82, 2.24) is 9.55 Å². The number of aromatic nitrogens is 2. The fraction of sp³-hybridized carbons (Fsp3) is 0.190. The van der Waals surface area contributed by atoms with Crippen LogP contribution >= 0.6 is 0 Å². The molecule has 0 radical (unpaired) electrons. The Morgan fingerprint density at radius 1 is 1.17 bits per heavy atom. The number of carbonyl (C=O) groups is 1. The first-order valence-corrected chi connectivity index (χ1v) is 9.12. The van der Waals surface area contributed by atoms with E-state index in [9.17, 15) is 9.59 Å². The van der Waals surface area contributed by atoms with Crippen LogP contribution in [0.25, 0.3) is 11.3 Å². The molecule has 8 nitrogen and oxygen atoms in total. The van der Waals surface area contributed by atoms with Crippen molar-refractivity contribution in [2.24, 2.45) is 0 Å². The first-order valence-electron chi connectivity index (χ1n) is 9.12. The van der Waals surface area contributed by atoms with Crippen LogP contribution in [0, 0.1) is 0 Å². The molecule has 29 heavy (non-hydrogen) atoms. The summed E-state index contributed by atoms with van der Waals surface area (Å²) in [5, 5.41) is 2.76. The van der Waals surface area contributed by atoms with Crippen molar-refractivity contribution in [2.75, 3.05) is 18.7 Å². The van der Waals surface area contributed by atoms with Gasteiger partial charge in [-0.05, 0) is 37.3 Å². The molecular formula is C21H19N3O5. The Bertz CT molecular complexity index is 1110. The summed E-state index contributed by atoms with van der Waals surface area (Å²) < 4.78 is 17.4. The Morgan fingerprint density at radius 2 is 2.00 bits per heavy atom. The summed E-state index contributed by atoms with van der Waals surface area (Å²) in [6, 6.07) is 13.9. The molecule has 0 saturated heterocycles. The number of nitrogens with zero attached hydrogens (tertiary/aromatic N) is 2. The predicted molar refractivity (Wildman–Crippen MR) is 106 cm³/mol. The third-order valence-corrected chi connectivity index (χ3v) is 4.32. The van der Waals surface area contributed by atoms with Crippen molar-refractivity contribution >= 4 is 11.6 Å². The van der Waals surface area contributed by atoms with E-state index in [0.717, 1.165) is 5.56 Å². The highest BCUT2D eigenvalue weighted by Gasteiger charge is 2.15. The monoisotopic (exact) mass is 393 g/mol. The molecule has 8 heteroatoms. The summed E-state index contributed by atoms with van der Waals surface area (Å²) >= 11 is 0. The van der Waals surface area contributed by atoms with Crippen LogP contribution in [-0.2, 0) is 11.3 Å². The highest BCUT2D eigenvalue weighted by atomic mass is 16.7. The minimum atomic E-state index is -0.350. The molecular weight excluding hydrogens is 374 g/mol. The summed E-state index contributed by atoms with van der Waals surface area (Å²) in [5.74, 6) is 1.50. The van der Waals surface area contributed by atoms with E-state index in [2.05, 4.69) is 10.3 Å². The Balaban J connectivity index is 1.49. The van der Waals surface area contributed by atoms with E-state index in [1.807, 2.05) is 13.0 Å². The third-order valence-electron chi connectivity index (χ3n) is 4.32. The largest absolute Gasteiger partial charge is 0.492 e. The molecule has 0 unspecified atom stereocenters. The van der Waals surface area contributed by atoms with Gasteiger partial charge in [-0.15, -0.1) is 0 Å². The van der Waals surface area contributed by atoms with Crippen LogP contribution in [0.1, 0.15) is 6.92 Å². The van der Waals surface area contributed by atoms with Gasteiger partial charge in [-0.1, -0.05) is 12.1 Å². The maximum atomic E-state index is 12.5. The van der Waals surface area contributed by atoms with Crippen LogP contribution in [0.2, 0.25) is 0 Å². The number of benzene rings is 2. The lowest BCUT2D eigenvalue weighted by molar-refractivity contribution is -0.116. The molecule has 0 saturated carbocycles. The number of amides is 1. The Morgan fingerprint density at radius 3 is 2.83 bits per heavy atom. The van der Waals surface area contributed by atoms with Crippen LogP contribution in [0.5, 0.6) is 17.2 Å². The predicted octanol–water partition coefficient (Wildman–Crippen LogP) is 2.68. The summed E-state index contributed by atoms with van der Waals surface area (Å²) in [6.07, 6.45) is 1.36. The summed E-state index contributed by atoms with van der Waals surface area (Å²) in [7, 11) is 0. The highest BCUT2D eigenvalue weighted by Crippen LogP contribution is 2.35. The molecule has 1 N–H and O–H groups in total. The third kappa shape index (κ3) is 4.06. The van der Waals surface area contributed by atoms with Crippen molar-refractivity contribution in [1.29, 1.82) is 0 Å². The lowest BCUT2D eigenvalue weighted by Gasteiger charge is -2.12. The summed E-state index contributed by atoms with van der Waals surface area (Å²) in [4.78, 5) is 29.2. The second-order valence-electron chi connectivity index (χ2n) is 6.29. The number of para-hydroxylation sites is 2. The number of anilines is 1. The van der Waals surface area contributed by atoms with Gasteiger partial charge in [0.05, 0.1) is 24.3 Å². The molecule has 2 aromatic carbocycles. The minimum Gasteiger partial charge on any atom is -0.492 e. The second-order valence-corrected chi connectivity index (χ2v) is 6.29. The summed E-state index contributed by atoms with van der Waals surface area (Å²) in [6.45, 7) is 2.37. The van der Waals surface area contributed by atoms with Gasteiger partial charge in [-0.2, -0.15) is 0 Å². The van der Waals surface area contributed by atoms with Gasteiger partial charge in [0.15, 0.2) is 11.5 Å². The standard InChI is InChI=1S/C21H19N3O5/c1-2-27-17-6-4-3-5-15(17)23-20(25)11-24-12-22-16(10-21(24)26)14-7-8-18-19(9-14)29-13-28-18/h3-10,12H,2,11,13H2,1H3,(H,23,25). The number of nitrogens with one attached hydrogen (secondary N) is 1. The van der Waals surface area contributed by atoms with Gasteiger partial charge in [0.25, 0.3) is 5.56 Å². The van der Waals surface area contributed by atoms with Gasteiger partial charge < -0.3 is 19.5 Å². The van der Waals surface area contributed by atoms with Crippen LogP contribution in [0.15, 0.2) is 59.7 Å². The number of carbonyl (C=O) groups excluding carboxylic acids is 1. The average molecular weight is 393 g/mol. The molecule has 0 bridgehead atoms. The number of ether oxygens (including phenoxy) is 3. The van der Waals surface area contributed by atoms with Gasteiger partial charge in [0, 0.05) is 11.6 Å². The number of rotatable bonds is 6. The van der Waals surface area contributed by atoms with Crippen LogP contribution < -0.4 is 25.1 Å². The van der Waals surface area contributed by atoms with E-state index in [-0.39, 0.29) is 24.8 Å².